The van der Waals surface area contributed by atoms with E-state index in [2.05, 4.69) is 6.92 Å². The minimum atomic E-state index is -0.699. The SMILES string of the molecule is CCCCCCCCS(=O)CCOCCCl. The number of ether oxygens (including phenoxy) is 1. The molecule has 0 heterocycles. The summed E-state index contributed by atoms with van der Waals surface area (Å²) in [5, 5.41) is 0. The lowest BCUT2D eigenvalue weighted by atomic mass is 10.1. The van der Waals surface area contributed by atoms with Gasteiger partial charge in [-0.05, 0) is 6.42 Å². The fourth-order valence-electron chi connectivity index (χ4n) is 1.45. The third kappa shape index (κ3) is 12.5. The molecule has 1 unspecified atom stereocenters. The van der Waals surface area contributed by atoms with Crippen LogP contribution in [-0.4, -0.2) is 34.8 Å². The first kappa shape index (κ1) is 16.4. The second-order valence-corrected chi connectivity index (χ2v) is 5.99. The first-order valence-corrected chi connectivity index (χ1v) is 8.32. The Morgan fingerprint density at radius 3 is 2.38 bits per heavy atom. The highest BCUT2D eigenvalue weighted by atomic mass is 35.5. The number of unbranched alkanes of at least 4 members (excludes halogenated alkanes) is 5. The van der Waals surface area contributed by atoms with Crippen molar-refractivity contribution in [2.24, 2.45) is 0 Å². The van der Waals surface area contributed by atoms with E-state index < -0.39 is 10.8 Å². The normalized spacial score (nSPS) is 12.9. The zero-order valence-corrected chi connectivity index (χ0v) is 12.0. The zero-order chi connectivity index (χ0) is 12.1. The molecule has 0 aromatic heterocycles. The van der Waals surface area contributed by atoms with Crippen molar-refractivity contribution in [1.29, 1.82) is 0 Å². The molecule has 0 bridgehead atoms. The molecule has 0 spiro atoms. The quantitative estimate of drug-likeness (QED) is 0.401. The Bertz CT molecular complexity index is 165. The topological polar surface area (TPSA) is 26.3 Å². The lowest BCUT2D eigenvalue weighted by molar-refractivity contribution is 0.166. The summed E-state index contributed by atoms with van der Waals surface area (Å²) in [6, 6.07) is 0. The molecular weight excluding hydrogens is 244 g/mol. The summed E-state index contributed by atoms with van der Waals surface area (Å²) in [6.45, 7) is 3.36. The van der Waals surface area contributed by atoms with E-state index in [4.69, 9.17) is 16.3 Å². The van der Waals surface area contributed by atoms with Crippen LogP contribution < -0.4 is 0 Å². The van der Waals surface area contributed by atoms with Crippen LogP contribution in [0, 0.1) is 0 Å². The highest BCUT2D eigenvalue weighted by Gasteiger charge is 1.99. The maximum Gasteiger partial charge on any atom is 0.0602 e. The molecule has 0 rings (SSSR count). The fourth-order valence-corrected chi connectivity index (χ4v) is 2.60. The summed E-state index contributed by atoms with van der Waals surface area (Å²) in [6.07, 6.45) is 7.52. The lowest BCUT2D eigenvalue weighted by Gasteiger charge is -2.03. The van der Waals surface area contributed by atoms with Gasteiger partial charge in [0, 0.05) is 28.2 Å². The summed E-state index contributed by atoms with van der Waals surface area (Å²) in [7, 11) is -0.699. The number of rotatable bonds is 12. The van der Waals surface area contributed by atoms with Crippen LogP contribution >= 0.6 is 11.6 Å². The van der Waals surface area contributed by atoms with Crippen molar-refractivity contribution in [3.63, 3.8) is 0 Å². The van der Waals surface area contributed by atoms with Gasteiger partial charge in [0.05, 0.1) is 13.2 Å². The maximum absolute atomic E-state index is 11.5. The Kier molecular flexibility index (Phi) is 13.8. The van der Waals surface area contributed by atoms with E-state index in [-0.39, 0.29) is 0 Å². The van der Waals surface area contributed by atoms with E-state index in [1.165, 1.54) is 32.1 Å². The number of hydrogen-bond donors (Lipinski definition) is 0. The van der Waals surface area contributed by atoms with Crippen molar-refractivity contribution in [3.8, 4) is 0 Å². The predicted octanol–water partition coefficient (Wildman–Crippen LogP) is 3.35. The third-order valence-electron chi connectivity index (χ3n) is 2.40. The van der Waals surface area contributed by atoms with Gasteiger partial charge in [-0.3, -0.25) is 4.21 Å². The fraction of sp³-hybridized carbons (Fsp3) is 1.00. The zero-order valence-electron chi connectivity index (χ0n) is 10.4. The maximum atomic E-state index is 11.5. The molecule has 16 heavy (non-hydrogen) atoms. The summed E-state index contributed by atoms with van der Waals surface area (Å²) in [5.74, 6) is 2.01. The molecule has 1 atom stereocenters. The van der Waals surface area contributed by atoms with Gasteiger partial charge in [-0.15, -0.1) is 11.6 Å². The molecule has 98 valence electrons. The van der Waals surface area contributed by atoms with Gasteiger partial charge in [0.1, 0.15) is 0 Å². The van der Waals surface area contributed by atoms with Crippen molar-refractivity contribution in [2.75, 3.05) is 30.6 Å². The van der Waals surface area contributed by atoms with Crippen molar-refractivity contribution < 1.29 is 8.95 Å². The molecule has 0 saturated heterocycles. The van der Waals surface area contributed by atoms with Crippen LogP contribution in [0.15, 0.2) is 0 Å². The molecule has 0 aliphatic rings. The van der Waals surface area contributed by atoms with Gasteiger partial charge in [0.15, 0.2) is 0 Å². The Morgan fingerprint density at radius 2 is 1.69 bits per heavy atom. The number of alkyl halides is 1. The summed E-state index contributed by atoms with van der Waals surface area (Å²) < 4.78 is 16.7. The Hall–Kier alpha value is 0.400. The highest BCUT2D eigenvalue weighted by molar-refractivity contribution is 7.84. The Morgan fingerprint density at radius 1 is 1.00 bits per heavy atom. The predicted molar refractivity (Wildman–Crippen MR) is 72.8 cm³/mol. The molecule has 0 aliphatic heterocycles. The summed E-state index contributed by atoms with van der Waals surface area (Å²) in [4.78, 5) is 0. The summed E-state index contributed by atoms with van der Waals surface area (Å²) in [5.41, 5.74) is 0. The van der Waals surface area contributed by atoms with Gasteiger partial charge in [0.2, 0.25) is 0 Å². The molecule has 2 nitrogen and oxygen atoms in total. The second-order valence-electron chi connectivity index (χ2n) is 3.92. The van der Waals surface area contributed by atoms with Gasteiger partial charge in [-0.2, -0.15) is 0 Å². The van der Waals surface area contributed by atoms with Crippen LogP contribution in [-0.2, 0) is 15.5 Å². The molecule has 0 N–H and O–H groups in total. The lowest BCUT2D eigenvalue weighted by Crippen LogP contribution is -2.10. The molecule has 0 aliphatic carbocycles. The van der Waals surface area contributed by atoms with Gasteiger partial charge in [-0.25, -0.2) is 0 Å². The van der Waals surface area contributed by atoms with E-state index in [9.17, 15) is 4.21 Å². The van der Waals surface area contributed by atoms with E-state index in [1.807, 2.05) is 0 Å². The third-order valence-corrected chi connectivity index (χ3v) is 3.92. The van der Waals surface area contributed by atoms with Gasteiger partial charge in [-0.1, -0.05) is 39.0 Å². The average molecular weight is 269 g/mol. The van der Waals surface area contributed by atoms with Gasteiger partial charge >= 0.3 is 0 Å². The number of halogens is 1. The van der Waals surface area contributed by atoms with Crippen LogP contribution in [0.2, 0.25) is 0 Å². The molecule has 0 aromatic rings. The van der Waals surface area contributed by atoms with Gasteiger partial charge < -0.3 is 4.74 Å². The molecule has 0 fully saturated rings. The van der Waals surface area contributed by atoms with Crippen LogP contribution in [0.5, 0.6) is 0 Å². The number of hydrogen-bond acceptors (Lipinski definition) is 2. The highest BCUT2D eigenvalue weighted by Crippen LogP contribution is 2.05. The standard InChI is InChI=1S/C12H25ClO2S/c1-2-3-4-5-6-7-11-16(14)12-10-15-9-8-13/h2-12H2,1H3. The Balaban J connectivity index is 3.11. The van der Waals surface area contributed by atoms with Crippen molar-refractivity contribution in [1.82, 2.24) is 0 Å². The van der Waals surface area contributed by atoms with E-state index in [0.29, 0.717) is 24.8 Å². The Labute approximate surface area is 108 Å². The van der Waals surface area contributed by atoms with Crippen LogP contribution in [0.4, 0.5) is 0 Å². The first-order chi connectivity index (χ1) is 7.81. The van der Waals surface area contributed by atoms with Crippen LogP contribution in [0.1, 0.15) is 45.4 Å². The van der Waals surface area contributed by atoms with Crippen LogP contribution in [0.3, 0.4) is 0 Å². The molecular formula is C12H25ClO2S. The van der Waals surface area contributed by atoms with E-state index in [0.717, 1.165) is 12.2 Å². The van der Waals surface area contributed by atoms with Crippen molar-refractivity contribution in [2.45, 2.75) is 45.4 Å². The monoisotopic (exact) mass is 268 g/mol. The second kappa shape index (κ2) is 13.5. The van der Waals surface area contributed by atoms with E-state index >= 15 is 0 Å². The average Bonchev–Trinajstić information content (AvgIpc) is 2.29. The molecule has 0 radical (unpaired) electrons. The largest absolute Gasteiger partial charge is 0.379 e. The van der Waals surface area contributed by atoms with Gasteiger partial charge in [0.25, 0.3) is 0 Å². The minimum Gasteiger partial charge on any atom is -0.379 e. The minimum absolute atomic E-state index is 0.518. The van der Waals surface area contributed by atoms with Crippen molar-refractivity contribution in [3.05, 3.63) is 0 Å². The molecule has 0 amide bonds. The van der Waals surface area contributed by atoms with Crippen molar-refractivity contribution >= 4 is 22.4 Å². The molecule has 0 aromatic carbocycles. The first-order valence-electron chi connectivity index (χ1n) is 6.30. The van der Waals surface area contributed by atoms with Crippen LogP contribution in [0.25, 0.3) is 0 Å². The molecule has 0 saturated carbocycles. The van der Waals surface area contributed by atoms with E-state index in [1.54, 1.807) is 0 Å². The smallest absolute Gasteiger partial charge is 0.0602 e. The molecule has 4 heteroatoms. The summed E-state index contributed by atoms with van der Waals surface area (Å²) >= 11 is 5.46.